The smallest absolute Gasteiger partial charge is 0.191 e. The van der Waals surface area contributed by atoms with Gasteiger partial charge in [-0.05, 0) is 37.6 Å². The van der Waals surface area contributed by atoms with Crippen molar-refractivity contribution < 1.29 is 0 Å². The molecule has 0 unspecified atom stereocenters. The van der Waals surface area contributed by atoms with Gasteiger partial charge in [-0.1, -0.05) is 18.2 Å². The summed E-state index contributed by atoms with van der Waals surface area (Å²) in [6, 6.07) is 14.1. The molecule has 0 atom stereocenters. The molecule has 4 aromatic rings. The number of para-hydroxylation sites is 2. The summed E-state index contributed by atoms with van der Waals surface area (Å²) in [5, 5.41) is 15.0. The van der Waals surface area contributed by atoms with Gasteiger partial charge in [-0.25, -0.2) is 4.98 Å². The van der Waals surface area contributed by atoms with Crippen LogP contribution in [0.25, 0.3) is 16.7 Å². The first-order valence-electron chi connectivity index (χ1n) is 9.41. The van der Waals surface area contributed by atoms with Crippen LogP contribution in [0.1, 0.15) is 18.1 Å². The molecule has 0 aliphatic rings. The van der Waals surface area contributed by atoms with E-state index in [4.69, 9.17) is 0 Å². The highest BCUT2D eigenvalue weighted by atomic mass is 127. The van der Waals surface area contributed by atoms with E-state index >= 15 is 0 Å². The lowest BCUT2D eigenvalue weighted by molar-refractivity contribution is 0.623. The van der Waals surface area contributed by atoms with E-state index < -0.39 is 0 Å². The zero-order valence-electron chi connectivity index (χ0n) is 16.5. The average molecular weight is 504 g/mol. The topological polar surface area (TPSA) is 84.4 Å². The average Bonchev–Trinajstić information content (AvgIpc) is 3.28. The maximum absolute atomic E-state index is 4.62. The minimum atomic E-state index is 0. The number of aromatic nitrogens is 5. The van der Waals surface area contributed by atoms with Gasteiger partial charge >= 0.3 is 0 Å². The molecule has 0 radical (unpaired) electrons. The maximum Gasteiger partial charge on any atom is 0.191 e. The van der Waals surface area contributed by atoms with Gasteiger partial charge in [0.2, 0.25) is 0 Å². The van der Waals surface area contributed by atoms with Crippen LogP contribution in [-0.2, 0) is 13.1 Å². The van der Waals surface area contributed by atoms with Crippen molar-refractivity contribution in [2.75, 3.05) is 13.6 Å². The molecule has 0 amide bonds. The monoisotopic (exact) mass is 504 g/mol. The second kappa shape index (κ2) is 9.68. The lowest BCUT2D eigenvalue weighted by atomic mass is 10.3. The van der Waals surface area contributed by atoms with Crippen molar-refractivity contribution in [2.24, 2.45) is 4.99 Å². The van der Waals surface area contributed by atoms with Crippen molar-refractivity contribution in [3.05, 3.63) is 60.3 Å². The first-order valence-corrected chi connectivity index (χ1v) is 9.41. The molecule has 0 aliphatic carbocycles. The number of rotatable bonds is 6. The summed E-state index contributed by atoms with van der Waals surface area (Å²) in [4.78, 5) is 8.90. The predicted molar refractivity (Wildman–Crippen MR) is 126 cm³/mol. The fraction of sp³-hybridized carbons (Fsp3) is 0.300. The normalized spacial score (nSPS) is 11.6. The number of nitrogens with zero attached hydrogens (tertiary/aromatic N) is 6. The molecule has 0 saturated carbocycles. The van der Waals surface area contributed by atoms with Crippen LogP contribution in [0.2, 0.25) is 0 Å². The fourth-order valence-corrected chi connectivity index (χ4v) is 3.32. The third-order valence-electron chi connectivity index (χ3n) is 4.72. The van der Waals surface area contributed by atoms with E-state index in [0.29, 0.717) is 6.54 Å². The highest BCUT2D eigenvalue weighted by Gasteiger charge is 2.07. The van der Waals surface area contributed by atoms with Gasteiger partial charge in [-0.3, -0.25) is 9.39 Å². The van der Waals surface area contributed by atoms with E-state index in [-0.39, 0.29) is 24.0 Å². The molecule has 152 valence electrons. The van der Waals surface area contributed by atoms with Gasteiger partial charge in [-0.15, -0.1) is 34.2 Å². The number of benzene rings is 1. The minimum absolute atomic E-state index is 0. The summed E-state index contributed by atoms with van der Waals surface area (Å²) in [6.07, 6.45) is 2.93. The summed E-state index contributed by atoms with van der Waals surface area (Å²) in [6.45, 7) is 4.32. The van der Waals surface area contributed by atoms with E-state index in [9.17, 15) is 0 Å². The Morgan fingerprint density at radius 3 is 2.76 bits per heavy atom. The Morgan fingerprint density at radius 1 is 1.07 bits per heavy atom. The lowest BCUT2D eigenvalue weighted by Gasteiger charge is -2.12. The van der Waals surface area contributed by atoms with E-state index in [1.807, 2.05) is 34.9 Å². The number of nitrogens with one attached hydrogen (secondary N) is 2. The molecule has 0 spiro atoms. The molecule has 3 heterocycles. The van der Waals surface area contributed by atoms with Gasteiger partial charge in [0.1, 0.15) is 5.82 Å². The number of fused-ring (bicyclic) bond motifs is 2. The molecule has 0 fully saturated rings. The fourth-order valence-electron chi connectivity index (χ4n) is 3.32. The summed E-state index contributed by atoms with van der Waals surface area (Å²) in [5.74, 6) is 2.64. The molecule has 9 heteroatoms. The highest BCUT2D eigenvalue weighted by molar-refractivity contribution is 14.0. The molecule has 3 aromatic heterocycles. The number of aryl methyl sites for hydroxylation is 2. The number of imidazole rings is 1. The Bertz CT molecular complexity index is 1110. The third-order valence-corrected chi connectivity index (χ3v) is 4.72. The van der Waals surface area contributed by atoms with E-state index in [0.717, 1.165) is 48.3 Å². The maximum atomic E-state index is 4.62. The van der Waals surface area contributed by atoms with Gasteiger partial charge in [0.05, 0.1) is 17.6 Å². The van der Waals surface area contributed by atoms with Crippen LogP contribution in [0, 0.1) is 6.92 Å². The molecule has 0 aliphatic heterocycles. The molecule has 2 N–H and O–H groups in total. The van der Waals surface area contributed by atoms with Crippen molar-refractivity contribution in [3.63, 3.8) is 0 Å². The van der Waals surface area contributed by atoms with Gasteiger partial charge in [-0.2, -0.15) is 0 Å². The minimum Gasteiger partial charge on any atom is -0.356 e. The number of hydrogen-bond donors (Lipinski definition) is 2. The van der Waals surface area contributed by atoms with Gasteiger partial charge in [0.25, 0.3) is 0 Å². The molecular formula is C20H25IN8. The van der Waals surface area contributed by atoms with Gasteiger partial charge in [0, 0.05) is 26.3 Å². The summed E-state index contributed by atoms with van der Waals surface area (Å²) >= 11 is 0. The predicted octanol–water partition coefficient (Wildman–Crippen LogP) is 2.76. The summed E-state index contributed by atoms with van der Waals surface area (Å²) in [5.41, 5.74) is 3.07. The van der Waals surface area contributed by atoms with E-state index in [1.54, 1.807) is 7.05 Å². The molecule has 4 rings (SSSR count). The van der Waals surface area contributed by atoms with Crippen molar-refractivity contribution in [2.45, 2.75) is 26.4 Å². The van der Waals surface area contributed by atoms with Crippen molar-refractivity contribution in [1.29, 1.82) is 0 Å². The Labute approximate surface area is 186 Å². The van der Waals surface area contributed by atoms with Crippen molar-refractivity contribution in [3.8, 4) is 0 Å². The number of aliphatic imine (C=N–C) groups is 1. The van der Waals surface area contributed by atoms with Crippen LogP contribution in [-0.4, -0.2) is 43.7 Å². The van der Waals surface area contributed by atoms with Crippen molar-refractivity contribution >= 4 is 46.6 Å². The van der Waals surface area contributed by atoms with E-state index in [1.165, 1.54) is 5.52 Å². The quantitative estimate of drug-likeness (QED) is 0.183. The zero-order chi connectivity index (χ0) is 19.3. The number of guanidine groups is 1. The second-order valence-corrected chi connectivity index (χ2v) is 6.55. The largest absolute Gasteiger partial charge is 0.356 e. The second-order valence-electron chi connectivity index (χ2n) is 6.55. The standard InChI is InChI=1S/C20H24N8.HI/c1-15-24-16-8-3-4-9-17(16)27(15)13-7-11-22-20(21-2)23-14-19-26-25-18-10-5-6-12-28(18)19;/h3-6,8-10,12H,7,11,13-14H2,1-2H3,(H2,21,22,23);1H. The lowest BCUT2D eigenvalue weighted by Crippen LogP contribution is -2.38. The van der Waals surface area contributed by atoms with E-state index in [2.05, 4.69) is 60.5 Å². The highest BCUT2D eigenvalue weighted by Crippen LogP contribution is 2.15. The van der Waals surface area contributed by atoms with Crippen molar-refractivity contribution in [1.82, 2.24) is 34.8 Å². The van der Waals surface area contributed by atoms with Gasteiger partial charge in [0.15, 0.2) is 17.4 Å². The van der Waals surface area contributed by atoms with Crippen LogP contribution < -0.4 is 10.6 Å². The number of halogens is 1. The number of hydrogen-bond acceptors (Lipinski definition) is 4. The first kappa shape index (κ1) is 21.0. The summed E-state index contributed by atoms with van der Waals surface area (Å²) < 4.78 is 4.22. The Morgan fingerprint density at radius 2 is 1.90 bits per heavy atom. The molecule has 1 aromatic carbocycles. The molecule has 0 bridgehead atoms. The van der Waals surface area contributed by atoms with Crippen LogP contribution in [0.3, 0.4) is 0 Å². The Kier molecular flexibility index (Phi) is 7.02. The molecule has 0 saturated heterocycles. The SMILES string of the molecule is CN=C(NCCCn1c(C)nc2ccccc21)NCc1nnc2ccccn12.I. The molecule has 8 nitrogen and oxygen atoms in total. The first-order chi connectivity index (χ1) is 13.8. The van der Waals surface area contributed by atoms with Crippen LogP contribution in [0.4, 0.5) is 0 Å². The van der Waals surface area contributed by atoms with Crippen LogP contribution >= 0.6 is 24.0 Å². The molecular weight excluding hydrogens is 479 g/mol. The number of pyridine rings is 1. The summed E-state index contributed by atoms with van der Waals surface area (Å²) in [7, 11) is 1.77. The molecule has 29 heavy (non-hydrogen) atoms. The third kappa shape index (κ3) is 4.66. The van der Waals surface area contributed by atoms with Crippen LogP contribution in [0.15, 0.2) is 53.7 Å². The Hall–Kier alpha value is -2.69. The van der Waals surface area contributed by atoms with Crippen LogP contribution in [0.5, 0.6) is 0 Å². The van der Waals surface area contributed by atoms with Gasteiger partial charge < -0.3 is 15.2 Å². The Balaban J connectivity index is 0.00000240. The zero-order valence-corrected chi connectivity index (χ0v) is 18.9.